The molecule has 2 fully saturated rings. The second-order valence-corrected chi connectivity index (χ2v) is 5.98. The molecule has 1 aliphatic carbocycles. The second kappa shape index (κ2) is 5.97. The monoisotopic (exact) mass is 308 g/mol. The predicted molar refractivity (Wildman–Crippen MR) is 76.8 cm³/mol. The third-order valence-corrected chi connectivity index (χ3v) is 4.13. The van der Waals surface area contributed by atoms with Crippen LogP contribution in [0.4, 0.5) is 0 Å². The van der Waals surface area contributed by atoms with Gasteiger partial charge in [-0.3, -0.25) is 9.59 Å². The molecule has 112 valence electrons. The van der Waals surface area contributed by atoms with Crippen LogP contribution in [0.3, 0.4) is 0 Å². The topological polar surface area (TPSA) is 75.2 Å². The number of amides is 2. The first kappa shape index (κ1) is 14.3. The van der Waals surface area contributed by atoms with E-state index < -0.39 is 0 Å². The molecule has 0 atom stereocenters. The van der Waals surface area contributed by atoms with Crippen molar-refractivity contribution in [2.75, 3.05) is 13.1 Å². The first-order valence-electron chi connectivity index (χ1n) is 7.22. The number of halogens is 1. The average molecular weight is 309 g/mol. The molecule has 1 saturated heterocycles. The van der Waals surface area contributed by atoms with E-state index in [1.807, 2.05) is 0 Å². The number of nitrogens with zero attached hydrogens (tertiary/aromatic N) is 3. The normalized spacial score (nSPS) is 19.4. The van der Waals surface area contributed by atoms with Crippen molar-refractivity contribution in [2.45, 2.75) is 31.7 Å². The zero-order valence-electron chi connectivity index (χ0n) is 11.6. The molecule has 3 rings (SSSR count). The van der Waals surface area contributed by atoms with Gasteiger partial charge in [-0.2, -0.15) is 0 Å². The summed E-state index contributed by atoms with van der Waals surface area (Å²) in [5.41, 5.74) is 0.305. The van der Waals surface area contributed by atoms with Crippen LogP contribution in [0.15, 0.2) is 12.1 Å². The number of carbonyl (C=O) groups is 2. The highest BCUT2D eigenvalue weighted by Crippen LogP contribution is 2.29. The van der Waals surface area contributed by atoms with E-state index in [0.717, 1.165) is 25.7 Å². The van der Waals surface area contributed by atoms with Crippen molar-refractivity contribution < 1.29 is 9.59 Å². The molecule has 0 bridgehead atoms. The van der Waals surface area contributed by atoms with Gasteiger partial charge in [-0.05, 0) is 37.8 Å². The first-order valence-corrected chi connectivity index (χ1v) is 7.60. The molecule has 2 heterocycles. The molecule has 1 saturated carbocycles. The van der Waals surface area contributed by atoms with Crippen LogP contribution < -0.4 is 5.32 Å². The Morgan fingerprint density at radius 3 is 2.43 bits per heavy atom. The Labute approximate surface area is 127 Å². The van der Waals surface area contributed by atoms with Gasteiger partial charge in [0.2, 0.25) is 5.91 Å². The van der Waals surface area contributed by atoms with E-state index in [9.17, 15) is 9.59 Å². The van der Waals surface area contributed by atoms with Gasteiger partial charge in [0.1, 0.15) is 0 Å². The van der Waals surface area contributed by atoms with Crippen LogP contribution in [0, 0.1) is 5.92 Å². The maximum absolute atomic E-state index is 12.3. The molecule has 1 aromatic rings. The van der Waals surface area contributed by atoms with Crippen LogP contribution in [0.25, 0.3) is 0 Å². The van der Waals surface area contributed by atoms with Crippen molar-refractivity contribution in [2.24, 2.45) is 5.92 Å². The van der Waals surface area contributed by atoms with E-state index in [1.54, 1.807) is 17.0 Å². The molecule has 2 amide bonds. The highest BCUT2D eigenvalue weighted by Gasteiger charge is 2.32. The van der Waals surface area contributed by atoms with E-state index in [-0.39, 0.29) is 28.9 Å². The summed E-state index contributed by atoms with van der Waals surface area (Å²) in [4.78, 5) is 25.7. The van der Waals surface area contributed by atoms with Gasteiger partial charge in [0.25, 0.3) is 5.91 Å². The number of piperidine rings is 1. The average Bonchev–Trinajstić information content (AvgIpc) is 3.33. The number of carbonyl (C=O) groups excluding carboxylic acids is 2. The zero-order chi connectivity index (χ0) is 14.8. The minimum Gasteiger partial charge on any atom is -0.353 e. The van der Waals surface area contributed by atoms with Gasteiger partial charge in [0, 0.05) is 25.0 Å². The molecule has 7 heteroatoms. The van der Waals surface area contributed by atoms with Crippen molar-refractivity contribution in [1.82, 2.24) is 20.4 Å². The van der Waals surface area contributed by atoms with Crippen LogP contribution >= 0.6 is 11.6 Å². The van der Waals surface area contributed by atoms with Gasteiger partial charge in [-0.15, -0.1) is 10.2 Å². The highest BCUT2D eigenvalue weighted by molar-refractivity contribution is 6.29. The minimum atomic E-state index is -0.133. The SMILES string of the molecule is O=C(NC1CCN(C(=O)c2ccc(Cl)nn2)CC1)C1CC1. The maximum Gasteiger partial charge on any atom is 0.274 e. The lowest BCUT2D eigenvalue weighted by atomic mass is 10.0. The van der Waals surface area contributed by atoms with Crippen molar-refractivity contribution in [3.8, 4) is 0 Å². The fourth-order valence-electron chi connectivity index (χ4n) is 2.48. The summed E-state index contributed by atoms with van der Waals surface area (Å²) in [5, 5.41) is 10.8. The molecule has 0 radical (unpaired) electrons. The van der Waals surface area contributed by atoms with Crippen LogP contribution in [-0.4, -0.2) is 46.0 Å². The number of hydrogen-bond acceptors (Lipinski definition) is 4. The third kappa shape index (κ3) is 3.50. The van der Waals surface area contributed by atoms with E-state index in [0.29, 0.717) is 18.8 Å². The summed E-state index contributed by atoms with van der Waals surface area (Å²) < 4.78 is 0. The van der Waals surface area contributed by atoms with Crippen LogP contribution in [0.5, 0.6) is 0 Å². The van der Waals surface area contributed by atoms with Crippen molar-refractivity contribution >= 4 is 23.4 Å². The predicted octanol–water partition coefficient (Wildman–Crippen LogP) is 1.26. The lowest BCUT2D eigenvalue weighted by molar-refractivity contribution is -0.123. The zero-order valence-corrected chi connectivity index (χ0v) is 12.3. The molecule has 1 aromatic heterocycles. The summed E-state index contributed by atoms with van der Waals surface area (Å²) >= 11 is 5.66. The smallest absolute Gasteiger partial charge is 0.274 e. The molecular weight excluding hydrogens is 292 g/mol. The van der Waals surface area contributed by atoms with Crippen molar-refractivity contribution in [1.29, 1.82) is 0 Å². The lowest BCUT2D eigenvalue weighted by Crippen LogP contribution is -2.47. The Morgan fingerprint density at radius 1 is 1.14 bits per heavy atom. The minimum absolute atomic E-state index is 0.133. The molecular formula is C14H17ClN4O2. The van der Waals surface area contributed by atoms with Crippen molar-refractivity contribution in [3.05, 3.63) is 23.0 Å². The quantitative estimate of drug-likeness (QED) is 0.912. The molecule has 1 N–H and O–H groups in total. The van der Waals surface area contributed by atoms with Crippen LogP contribution in [0.2, 0.25) is 5.15 Å². The van der Waals surface area contributed by atoms with Crippen LogP contribution in [0.1, 0.15) is 36.2 Å². The van der Waals surface area contributed by atoms with E-state index in [1.165, 1.54) is 0 Å². The number of rotatable bonds is 3. The Hall–Kier alpha value is -1.69. The Bertz CT molecular complexity index is 536. The van der Waals surface area contributed by atoms with Crippen LogP contribution in [-0.2, 0) is 4.79 Å². The summed E-state index contributed by atoms with van der Waals surface area (Å²) in [7, 11) is 0. The number of nitrogens with one attached hydrogen (secondary N) is 1. The molecule has 1 aliphatic heterocycles. The largest absolute Gasteiger partial charge is 0.353 e. The third-order valence-electron chi connectivity index (χ3n) is 3.93. The summed E-state index contributed by atoms with van der Waals surface area (Å²) in [5.74, 6) is 0.267. The number of likely N-dealkylation sites (tertiary alicyclic amines) is 1. The summed E-state index contributed by atoms with van der Waals surface area (Å²) in [6, 6.07) is 3.32. The number of aromatic nitrogens is 2. The first-order chi connectivity index (χ1) is 10.1. The molecule has 0 unspecified atom stereocenters. The summed E-state index contributed by atoms with van der Waals surface area (Å²) in [6.45, 7) is 1.25. The van der Waals surface area contributed by atoms with Gasteiger partial charge in [0.05, 0.1) is 0 Å². The standard InChI is InChI=1S/C14H17ClN4O2/c15-12-4-3-11(17-18-12)14(21)19-7-5-10(6-8-19)16-13(20)9-1-2-9/h3-4,9-10H,1-2,5-8H2,(H,16,20). The van der Waals surface area contributed by atoms with Gasteiger partial charge in [-0.1, -0.05) is 11.6 Å². The highest BCUT2D eigenvalue weighted by atomic mass is 35.5. The Balaban J connectivity index is 1.51. The van der Waals surface area contributed by atoms with E-state index >= 15 is 0 Å². The van der Waals surface area contributed by atoms with Gasteiger partial charge in [0.15, 0.2) is 10.8 Å². The summed E-state index contributed by atoms with van der Waals surface area (Å²) in [6.07, 6.45) is 3.59. The molecule has 0 spiro atoms. The second-order valence-electron chi connectivity index (χ2n) is 5.59. The molecule has 6 nitrogen and oxygen atoms in total. The Kier molecular flexibility index (Phi) is 4.05. The van der Waals surface area contributed by atoms with Gasteiger partial charge < -0.3 is 10.2 Å². The van der Waals surface area contributed by atoms with E-state index in [2.05, 4.69) is 15.5 Å². The fourth-order valence-corrected chi connectivity index (χ4v) is 2.58. The molecule has 2 aliphatic rings. The van der Waals surface area contributed by atoms with Crippen molar-refractivity contribution in [3.63, 3.8) is 0 Å². The molecule has 21 heavy (non-hydrogen) atoms. The van der Waals surface area contributed by atoms with E-state index in [4.69, 9.17) is 11.6 Å². The maximum atomic E-state index is 12.3. The lowest BCUT2D eigenvalue weighted by Gasteiger charge is -2.32. The van der Waals surface area contributed by atoms with Gasteiger partial charge >= 0.3 is 0 Å². The Morgan fingerprint density at radius 2 is 1.86 bits per heavy atom. The fraction of sp³-hybridized carbons (Fsp3) is 0.571. The van der Waals surface area contributed by atoms with Gasteiger partial charge in [-0.25, -0.2) is 0 Å². The molecule has 0 aromatic carbocycles. The number of hydrogen-bond donors (Lipinski definition) is 1.